The number of carboxylic acids is 1. The van der Waals surface area contributed by atoms with Crippen molar-refractivity contribution in [3.05, 3.63) is 51.8 Å². The molecule has 2 rings (SSSR count). The number of carboxylic acid groups (broad SMARTS) is 1. The number of benzene rings is 1. The highest BCUT2D eigenvalue weighted by molar-refractivity contribution is 9.10. The largest absolute Gasteiger partial charge is 0.477 e. The van der Waals surface area contributed by atoms with Gasteiger partial charge in [0, 0.05) is 10.5 Å². The minimum Gasteiger partial charge on any atom is -0.477 e. The molecule has 8 heteroatoms. The summed E-state index contributed by atoms with van der Waals surface area (Å²) in [5, 5.41) is 12.3. The van der Waals surface area contributed by atoms with E-state index in [2.05, 4.69) is 21.0 Å². The zero-order valence-electron chi connectivity index (χ0n) is 9.86. The van der Waals surface area contributed by atoms with Crippen LogP contribution in [0.3, 0.4) is 0 Å². The molecule has 106 valence electrons. The average Bonchev–Trinajstić information content (AvgIpc) is 2.72. The van der Waals surface area contributed by atoms with Crippen LogP contribution in [0, 0.1) is 0 Å². The van der Waals surface area contributed by atoms with Gasteiger partial charge in [-0.15, -0.1) is 0 Å². The Labute approximate surface area is 120 Å². The molecule has 0 unspecified atom stereocenters. The molecule has 0 saturated heterocycles. The van der Waals surface area contributed by atoms with Crippen LogP contribution in [0.2, 0.25) is 0 Å². The van der Waals surface area contributed by atoms with Crippen LogP contribution in [-0.2, 0) is 12.7 Å². The van der Waals surface area contributed by atoms with Crippen molar-refractivity contribution in [2.75, 3.05) is 0 Å². The molecule has 0 amide bonds. The van der Waals surface area contributed by atoms with Gasteiger partial charge in [-0.1, -0.05) is 28.1 Å². The van der Waals surface area contributed by atoms with Gasteiger partial charge in [-0.25, -0.2) is 4.79 Å². The summed E-state index contributed by atoms with van der Waals surface area (Å²) in [4.78, 5) is 11.0. The normalized spacial score (nSPS) is 11.6. The molecule has 0 bridgehead atoms. The van der Waals surface area contributed by atoms with Crippen molar-refractivity contribution in [1.82, 2.24) is 9.78 Å². The van der Waals surface area contributed by atoms with E-state index in [0.717, 1.165) is 9.15 Å². The van der Waals surface area contributed by atoms with E-state index in [1.54, 1.807) is 24.3 Å². The van der Waals surface area contributed by atoms with Crippen LogP contribution < -0.4 is 0 Å². The molecule has 0 atom stereocenters. The van der Waals surface area contributed by atoms with Gasteiger partial charge >= 0.3 is 12.1 Å². The van der Waals surface area contributed by atoms with Gasteiger partial charge in [0.15, 0.2) is 5.69 Å². The zero-order chi connectivity index (χ0) is 14.9. The van der Waals surface area contributed by atoms with E-state index in [9.17, 15) is 18.0 Å². The van der Waals surface area contributed by atoms with Crippen LogP contribution in [0.1, 0.15) is 21.7 Å². The Balaban J connectivity index is 2.40. The summed E-state index contributed by atoms with van der Waals surface area (Å²) < 4.78 is 39.3. The first kappa shape index (κ1) is 14.6. The topological polar surface area (TPSA) is 55.1 Å². The van der Waals surface area contributed by atoms with Crippen LogP contribution in [0.4, 0.5) is 13.2 Å². The van der Waals surface area contributed by atoms with E-state index in [-0.39, 0.29) is 6.54 Å². The van der Waals surface area contributed by atoms with Crippen molar-refractivity contribution in [1.29, 1.82) is 0 Å². The number of nitrogens with zero attached hydrogens (tertiary/aromatic N) is 2. The van der Waals surface area contributed by atoms with Crippen molar-refractivity contribution in [3.8, 4) is 0 Å². The van der Waals surface area contributed by atoms with Gasteiger partial charge in [0.05, 0.1) is 6.54 Å². The lowest BCUT2D eigenvalue weighted by molar-refractivity contribution is -0.141. The van der Waals surface area contributed by atoms with Crippen molar-refractivity contribution < 1.29 is 23.1 Å². The second-order valence-corrected chi connectivity index (χ2v) is 4.92. The molecule has 4 nitrogen and oxygen atoms in total. The van der Waals surface area contributed by atoms with Crippen molar-refractivity contribution in [2.24, 2.45) is 0 Å². The number of hydrogen-bond acceptors (Lipinski definition) is 2. The molecule has 20 heavy (non-hydrogen) atoms. The summed E-state index contributed by atoms with van der Waals surface area (Å²) in [7, 11) is 0. The second-order valence-electron chi connectivity index (χ2n) is 4.01. The highest BCUT2D eigenvalue weighted by atomic mass is 79.9. The SMILES string of the molecule is O=C(O)c1cc(C(F)(F)F)nn1Cc1cccc(Br)c1. The highest BCUT2D eigenvalue weighted by Gasteiger charge is 2.35. The summed E-state index contributed by atoms with van der Waals surface area (Å²) in [6, 6.07) is 7.34. The van der Waals surface area contributed by atoms with Crippen LogP contribution in [0.25, 0.3) is 0 Å². The molecule has 1 aromatic heterocycles. The Morgan fingerprint density at radius 3 is 2.60 bits per heavy atom. The Bertz CT molecular complexity index is 652. The average molecular weight is 349 g/mol. The Hall–Kier alpha value is -1.83. The number of carbonyl (C=O) groups is 1. The van der Waals surface area contributed by atoms with Crippen molar-refractivity contribution >= 4 is 21.9 Å². The van der Waals surface area contributed by atoms with Crippen LogP contribution >= 0.6 is 15.9 Å². The fourth-order valence-corrected chi connectivity index (χ4v) is 2.10. The van der Waals surface area contributed by atoms with Crippen LogP contribution in [0.15, 0.2) is 34.8 Å². The Morgan fingerprint density at radius 1 is 1.35 bits per heavy atom. The van der Waals surface area contributed by atoms with Gasteiger partial charge in [-0.05, 0) is 17.7 Å². The molecule has 1 heterocycles. The molecule has 0 saturated carbocycles. The maximum Gasteiger partial charge on any atom is 0.435 e. The lowest BCUT2D eigenvalue weighted by atomic mass is 10.2. The standard InChI is InChI=1S/C12H8BrF3N2O2/c13-8-3-1-2-7(4-8)6-18-9(11(19)20)5-10(17-18)12(14,15)16/h1-5H,6H2,(H,19,20). The second kappa shape index (κ2) is 5.28. The smallest absolute Gasteiger partial charge is 0.435 e. The quantitative estimate of drug-likeness (QED) is 0.924. The van der Waals surface area contributed by atoms with Gasteiger partial charge in [-0.3, -0.25) is 4.68 Å². The van der Waals surface area contributed by atoms with Gasteiger partial charge in [0.1, 0.15) is 5.69 Å². The summed E-state index contributed by atoms with van der Waals surface area (Å²) in [6.45, 7) is -0.0584. The third-order valence-electron chi connectivity index (χ3n) is 2.51. The summed E-state index contributed by atoms with van der Waals surface area (Å²) in [5.41, 5.74) is -1.08. The molecular formula is C12H8BrF3N2O2. The van der Waals surface area contributed by atoms with Crippen LogP contribution in [-0.4, -0.2) is 20.9 Å². The maximum absolute atomic E-state index is 12.6. The molecule has 0 aliphatic carbocycles. The van der Waals surface area contributed by atoms with Gasteiger partial charge in [0.25, 0.3) is 0 Å². The summed E-state index contributed by atoms with van der Waals surface area (Å²) in [6.07, 6.45) is -4.67. The molecule has 2 aromatic rings. The fourth-order valence-electron chi connectivity index (χ4n) is 1.66. The minimum absolute atomic E-state index is 0.0584. The number of hydrogen-bond donors (Lipinski definition) is 1. The summed E-state index contributed by atoms with van der Waals surface area (Å²) in [5.74, 6) is -1.46. The molecule has 0 aliphatic heterocycles. The summed E-state index contributed by atoms with van der Waals surface area (Å²) >= 11 is 3.23. The first-order valence-corrected chi connectivity index (χ1v) is 6.19. The maximum atomic E-state index is 12.6. The molecule has 0 radical (unpaired) electrons. The predicted octanol–water partition coefficient (Wildman–Crippen LogP) is 3.41. The van der Waals surface area contributed by atoms with E-state index >= 15 is 0 Å². The van der Waals surface area contributed by atoms with Crippen molar-refractivity contribution in [3.63, 3.8) is 0 Å². The third kappa shape index (κ3) is 3.19. The van der Waals surface area contributed by atoms with Gasteiger partial charge in [0.2, 0.25) is 0 Å². The third-order valence-corrected chi connectivity index (χ3v) is 3.00. The molecule has 1 aromatic carbocycles. The zero-order valence-corrected chi connectivity index (χ0v) is 11.4. The monoisotopic (exact) mass is 348 g/mol. The number of aromatic nitrogens is 2. The molecule has 1 N–H and O–H groups in total. The lowest BCUT2D eigenvalue weighted by Gasteiger charge is -2.05. The van der Waals surface area contributed by atoms with E-state index < -0.39 is 23.5 Å². The number of halogens is 4. The van der Waals surface area contributed by atoms with Gasteiger partial charge < -0.3 is 5.11 Å². The first-order chi connectivity index (χ1) is 9.27. The molecular weight excluding hydrogens is 341 g/mol. The minimum atomic E-state index is -4.67. The Morgan fingerprint density at radius 2 is 2.05 bits per heavy atom. The fraction of sp³-hybridized carbons (Fsp3) is 0.167. The van der Waals surface area contributed by atoms with E-state index in [4.69, 9.17) is 5.11 Å². The molecule has 0 spiro atoms. The molecule has 0 aliphatic rings. The number of alkyl halides is 3. The van der Waals surface area contributed by atoms with E-state index in [1.165, 1.54) is 0 Å². The van der Waals surface area contributed by atoms with Crippen molar-refractivity contribution in [2.45, 2.75) is 12.7 Å². The first-order valence-electron chi connectivity index (χ1n) is 5.40. The lowest BCUT2D eigenvalue weighted by Crippen LogP contribution is -2.12. The van der Waals surface area contributed by atoms with Crippen LogP contribution in [0.5, 0.6) is 0 Å². The van der Waals surface area contributed by atoms with Gasteiger partial charge in [-0.2, -0.15) is 18.3 Å². The molecule has 0 fully saturated rings. The van der Waals surface area contributed by atoms with E-state index in [0.29, 0.717) is 11.6 Å². The Kier molecular flexibility index (Phi) is 3.85. The predicted molar refractivity (Wildman–Crippen MR) is 67.4 cm³/mol. The number of rotatable bonds is 3. The van der Waals surface area contributed by atoms with E-state index in [1.807, 2.05) is 0 Å². The number of aromatic carboxylic acids is 1. The highest BCUT2D eigenvalue weighted by Crippen LogP contribution is 2.29.